The fraction of sp³-hybridized carbons (Fsp3) is 0.143. The molecule has 2 nitrogen and oxygen atoms in total. The minimum Gasteiger partial charge on any atom is -0.508 e. The fourth-order valence-electron chi connectivity index (χ4n) is 1.71. The van der Waals surface area contributed by atoms with Crippen LogP contribution in [-0.2, 0) is 13.1 Å². The van der Waals surface area contributed by atoms with Gasteiger partial charge in [0, 0.05) is 29.2 Å². The number of hydrogen-bond donors (Lipinski definition) is 2. The number of hydrogen-bond acceptors (Lipinski definition) is 2. The summed E-state index contributed by atoms with van der Waals surface area (Å²) in [6, 6.07) is 10.5. The van der Waals surface area contributed by atoms with Crippen LogP contribution in [0.3, 0.4) is 0 Å². The average Bonchev–Trinajstić information content (AvgIpc) is 2.40. The Morgan fingerprint density at radius 3 is 2.32 bits per heavy atom. The molecule has 2 aromatic carbocycles. The molecular formula is C14H12Cl3NO. The Bertz CT molecular complexity index is 587. The topological polar surface area (TPSA) is 32.3 Å². The molecule has 5 heteroatoms. The molecule has 0 amide bonds. The number of benzene rings is 2. The van der Waals surface area contributed by atoms with Crippen LogP contribution in [0.15, 0.2) is 36.4 Å². The summed E-state index contributed by atoms with van der Waals surface area (Å²) >= 11 is 18.1. The molecule has 0 aliphatic carbocycles. The molecule has 2 aromatic rings. The van der Waals surface area contributed by atoms with Crippen LogP contribution in [0.25, 0.3) is 0 Å². The average molecular weight is 317 g/mol. The second-order valence-corrected chi connectivity index (χ2v) is 5.25. The van der Waals surface area contributed by atoms with Crippen LogP contribution in [-0.4, -0.2) is 5.11 Å². The first-order valence-electron chi connectivity index (χ1n) is 5.69. The van der Waals surface area contributed by atoms with Crippen molar-refractivity contribution in [3.05, 3.63) is 62.6 Å². The Morgan fingerprint density at radius 1 is 0.895 bits per heavy atom. The van der Waals surface area contributed by atoms with E-state index < -0.39 is 0 Å². The molecule has 0 saturated carbocycles. The third-order valence-corrected chi connectivity index (χ3v) is 3.95. The van der Waals surface area contributed by atoms with Gasteiger partial charge in [-0.05, 0) is 18.2 Å². The SMILES string of the molecule is Oc1ccccc1CNCc1c(Cl)ccc(Cl)c1Cl. The highest BCUT2D eigenvalue weighted by atomic mass is 35.5. The molecule has 0 bridgehead atoms. The summed E-state index contributed by atoms with van der Waals surface area (Å²) in [4.78, 5) is 0. The van der Waals surface area contributed by atoms with E-state index in [2.05, 4.69) is 5.32 Å². The quantitative estimate of drug-likeness (QED) is 0.805. The van der Waals surface area contributed by atoms with Gasteiger partial charge in [-0.25, -0.2) is 0 Å². The van der Waals surface area contributed by atoms with Crippen molar-refractivity contribution in [3.8, 4) is 5.75 Å². The smallest absolute Gasteiger partial charge is 0.120 e. The van der Waals surface area contributed by atoms with E-state index in [1.165, 1.54) is 0 Å². The molecule has 100 valence electrons. The van der Waals surface area contributed by atoms with Gasteiger partial charge < -0.3 is 10.4 Å². The number of halogens is 3. The third kappa shape index (κ3) is 3.54. The maximum Gasteiger partial charge on any atom is 0.120 e. The molecule has 0 radical (unpaired) electrons. The summed E-state index contributed by atoms with van der Waals surface area (Å²) in [6.45, 7) is 0.998. The molecule has 0 aromatic heterocycles. The van der Waals surface area contributed by atoms with E-state index in [1.54, 1.807) is 24.3 Å². The van der Waals surface area contributed by atoms with E-state index in [9.17, 15) is 5.11 Å². The molecule has 0 heterocycles. The number of phenolic OH excluding ortho intramolecular Hbond substituents is 1. The van der Waals surface area contributed by atoms with Gasteiger partial charge in [-0.3, -0.25) is 0 Å². The largest absolute Gasteiger partial charge is 0.508 e. The van der Waals surface area contributed by atoms with E-state index in [1.807, 2.05) is 12.1 Å². The van der Waals surface area contributed by atoms with Crippen LogP contribution in [0.2, 0.25) is 15.1 Å². The molecule has 0 fully saturated rings. The zero-order chi connectivity index (χ0) is 13.8. The lowest BCUT2D eigenvalue weighted by molar-refractivity contribution is 0.464. The van der Waals surface area contributed by atoms with Crippen LogP contribution < -0.4 is 5.32 Å². The summed E-state index contributed by atoms with van der Waals surface area (Å²) in [7, 11) is 0. The van der Waals surface area contributed by atoms with Gasteiger partial charge >= 0.3 is 0 Å². The van der Waals surface area contributed by atoms with E-state index in [-0.39, 0.29) is 5.75 Å². The van der Waals surface area contributed by atoms with Crippen LogP contribution in [0.1, 0.15) is 11.1 Å². The standard InChI is InChI=1S/C14H12Cl3NO/c15-11-5-6-12(16)14(17)10(11)8-18-7-9-3-1-2-4-13(9)19/h1-6,18-19H,7-8H2. The van der Waals surface area contributed by atoms with Crippen LogP contribution >= 0.6 is 34.8 Å². The Balaban J connectivity index is 2.04. The van der Waals surface area contributed by atoms with Gasteiger partial charge in [-0.2, -0.15) is 0 Å². The lowest BCUT2D eigenvalue weighted by atomic mass is 10.2. The first-order valence-corrected chi connectivity index (χ1v) is 6.83. The third-order valence-electron chi connectivity index (χ3n) is 2.75. The second kappa shape index (κ2) is 6.49. The first-order chi connectivity index (χ1) is 9.09. The van der Waals surface area contributed by atoms with Gasteiger partial charge in [-0.1, -0.05) is 53.0 Å². The maximum atomic E-state index is 9.65. The van der Waals surface area contributed by atoms with Crippen molar-refractivity contribution in [2.45, 2.75) is 13.1 Å². The van der Waals surface area contributed by atoms with Gasteiger partial charge in [0.15, 0.2) is 0 Å². The van der Waals surface area contributed by atoms with Crippen molar-refractivity contribution in [2.24, 2.45) is 0 Å². The highest BCUT2D eigenvalue weighted by molar-refractivity contribution is 6.44. The lowest BCUT2D eigenvalue weighted by Gasteiger charge is -2.10. The Labute approximate surface area is 126 Å². The minimum atomic E-state index is 0.262. The van der Waals surface area contributed by atoms with Gasteiger partial charge in [0.25, 0.3) is 0 Å². The van der Waals surface area contributed by atoms with Crippen molar-refractivity contribution >= 4 is 34.8 Å². The maximum absolute atomic E-state index is 9.65. The first kappa shape index (κ1) is 14.5. The number of para-hydroxylation sites is 1. The van der Waals surface area contributed by atoms with Crippen molar-refractivity contribution in [2.75, 3.05) is 0 Å². The van der Waals surface area contributed by atoms with Gasteiger partial charge in [0.2, 0.25) is 0 Å². The number of phenols is 1. The molecule has 0 unspecified atom stereocenters. The molecule has 19 heavy (non-hydrogen) atoms. The van der Waals surface area contributed by atoms with E-state index in [4.69, 9.17) is 34.8 Å². The second-order valence-electron chi connectivity index (χ2n) is 4.05. The van der Waals surface area contributed by atoms with Gasteiger partial charge in [-0.15, -0.1) is 0 Å². The zero-order valence-corrected chi connectivity index (χ0v) is 12.2. The minimum absolute atomic E-state index is 0.262. The van der Waals surface area contributed by atoms with Crippen molar-refractivity contribution < 1.29 is 5.11 Å². The molecule has 0 aliphatic rings. The highest BCUT2D eigenvalue weighted by Gasteiger charge is 2.09. The molecule has 0 saturated heterocycles. The van der Waals surface area contributed by atoms with Crippen LogP contribution in [0.5, 0.6) is 5.75 Å². The number of aromatic hydroxyl groups is 1. The lowest BCUT2D eigenvalue weighted by Crippen LogP contribution is -2.13. The highest BCUT2D eigenvalue weighted by Crippen LogP contribution is 2.31. The molecule has 0 spiro atoms. The summed E-state index contributed by atoms with van der Waals surface area (Å²) in [5.41, 5.74) is 1.57. The van der Waals surface area contributed by atoms with Crippen molar-refractivity contribution in [1.29, 1.82) is 0 Å². The summed E-state index contributed by atoms with van der Waals surface area (Å²) < 4.78 is 0. The predicted molar refractivity (Wildman–Crippen MR) is 80.1 cm³/mol. The normalized spacial score (nSPS) is 10.7. The van der Waals surface area contributed by atoms with E-state index in [0.29, 0.717) is 28.2 Å². The Hall–Kier alpha value is -0.930. The Kier molecular flexibility index (Phi) is 4.94. The van der Waals surface area contributed by atoms with Crippen molar-refractivity contribution in [1.82, 2.24) is 5.32 Å². The zero-order valence-electron chi connectivity index (χ0n) is 9.96. The molecule has 2 rings (SSSR count). The molecule has 0 atom stereocenters. The van der Waals surface area contributed by atoms with E-state index >= 15 is 0 Å². The Morgan fingerprint density at radius 2 is 1.58 bits per heavy atom. The summed E-state index contributed by atoms with van der Waals surface area (Å²) in [6.07, 6.45) is 0. The predicted octanol–water partition coefficient (Wildman–Crippen LogP) is 4.64. The van der Waals surface area contributed by atoms with Crippen LogP contribution in [0, 0.1) is 0 Å². The van der Waals surface area contributed by atoms with Crippen molar-refractivity contribution in [3.63, 3.8) is 0 Å². The van der Waals surface area contributed by atoms with Gasteiger partial charge in [0.05, 0.1) is 10.0 Å². The van der Waals surface area contributed by atoms with Crippen LogP contribution in [0.4, 0.5) is 0 Å². The fourth-order valence-corrected chi connectivity index (χ4v) is 2.39. The summed E-state index contributed by atoms with van der Waals surface area (Å²) in [5.74, 6) is 0.262. The molecule has 2 N–H and O–H groups in total. The van der Waals surface area contributed by atoms with Gasteiger partial charge in [0.1, 0.15) is 5.75 Å². The molecular weight excluding hydrogens is 305 g/mol. The monoisotopic (exact) mass is 315 g/mol. The van der Waals surface area contributed by atoms with E-state index in [0.717, 1.165) is 11.1 Å². The number of rotatable bonds is 4. The molecule has 0 aliphatic heterocycles. The number of nitrogens with one attached hydrogen (secondary N) is 1. The summed E-state index contributed by atoms with van der Waals surface area (Å²) in [5, 5.41) is 14.3.